The molecule has 1 nitrogen and oxygen atoms in total. The van der Waals surface area contributed by atoms with Crippen LogP contribution in [-0.2, 0) is 6.42 Å². The van der Waals surface area contributed by atoms with Gasteiger partial charge in [-0.1, -0.05) is 37.9 Å². The number of halogens is 2. The Labute approximate surface area is 123 Å². The van der Waals surface area contributed by atoms with Crippen LogP contribution in [0.1, 0.15) is 17.2 Å². The van der Waals surface area contributed by atoms with Crippen molar-refractivity contribution in [1.82, 2.24) is 5.32 Å². The van der Waals surface area contributed by atoms with Gasteiger partial charge in [0.1, 0.15) is 0 Å². The molecule has 0 amide bonds. The highest BCUT2D eigenvalue weighted by atomic mass is 79.9. The molecule has 0 saturated heterocycles. The molecule has 0 spiro atoms. The highest BCUT2D eigenvalue weighted by Crippen LogP contribution is 2.29. The first-order valence-electron chi connectivity index (χ1n) is 5.34. The first kappa shape index (κ1) is 13.3. The SMILES string of the molecule is CNC(Cc1ccsc1)c1ccc(Br)cc1Br. The fourth-order valence-electron chi connectivity index (χ4n) is 1.80. The van der Waals surface area contributed by atoms with Gasteiger partial charge < -0.3 is 5.32 Å². The number of hydrogen-bond acceptors (Lipinski definition) is 2. The van der Waals surface area contributed by atoms with Crippen molar-refractivity contribution in [3.05, 3.63) is 55.1 Å². The molecule has 17 heavy (non-hydrogen) atoms. The van der Waals surface area contributed by atoms with E-state index in [2.05, 4.69) is 72.2 Å². The Morgan fingerprint density at radius 2 is 2.12 bits per heavy atom. The lowest BCUT2D eigenvalue weighted by molar-refractivity contribution is 0.590. The molecule has 0 aliphatic heterocycles. The van der Waals surface area contributed by atoms with Crippen LogP contribution in [0.4, 0.5) is 0 Å². The second-order valence-corrected chi connectivity index (χ2v) is 6.39. The predicted octanol–water partition coefficient (Wildman–Crippen LogP) is 4.78. The highest BCUT2D eigenvalue weighted by Gasteiger charge is 2.13. The minimum absolute atomic E-state index is 0.340. The molecule has 4 heteroatoms. The summed E-state index contributed by atoms with van der Waals surface area (Å²) in [5, 5.41) is 7.71. The van der Waals surface area contributed by atoms with E-state index in [1.807, 2.05) is 7.05 Å². The molecule has 0 radical (unpaired) electrons. The maximum Gasteiger partial charge on any atom is 0.0369 e. The molecule has 0 saturated carbocycles. The highest BCUT2D eigenvalue weighted by molar-refractivity contribution is 9.11. The fraction of sp³-hybridized carbons (Fsp3) is 0.231. The average molecular weight is 375 g/mol. The van der Waals surface area contributed by atoms with Crippen molar-refractivity contribution in [2.45, 2.75) is 12.5 Å². The van der Waals surface area contributed by atoms with E-state index in [9.17, 15) is 0 Å². The summed E-state index contributed by atoms with van der Waals surface area (Å²) in [7, 11) is 2.01. The lowest BCUT2D eigenvalue weighted by Crippen LogP contribution is -2.19. The first-order valence-corrected chi connectivity index (χ1v) is 7.87. The van der Waals surface area contributed by atoms with Crippen LogP contribution in [0.15, 0.2) is 44.0 Å². The molecule has 1 atom stereocenters. The van der Waals surface area contributed by atoms with Crippen LogP contribution in [0.5, 0.6) is 0 Å². The van der Waals surface area contributed by atoms with Crippen molar-refractivity contribution in [2.75, 3.05) is 7.05 Å². The molecule has 1 aromatic heterocycles. The number of rotatable bonds is 4. The molecule has 0 bridgehead atoms. The average Bonchev–Trinajstić information content (AvgIpc) is 2.79. The molecule has 1 aromatic carbocycles. The third kappa shape index (κ3) is 3.41. The van der Waals surface area contributed by atoms with Crippen LogP contribution < -0.4 is 5.32 Å². The van der Waals surface area contributed by atoms with Crippen LogP contribution in [0.25, 0.3) is 0 Å². The monoisotopic (exact) mass is 373 g/mol. The number of likely N-dealkylation sites (N-methyl/N-ethyl adjacent to an activating group) is 1. The molecular weight excluding hydrogens is 362 g/mol. The fourth-order valence-corrected chi connectivity index (χ4v) is 3.80. The number of benzene rings is 1. The molecule has 90 valence electrons. The van der Waals surface area contributed by atoms with E-state index >= 15 is 0 Å². The van der Waals surface area contributed by atoms with Gasteiger partial charge in [-0.25, -0.2) is 0 Å². The molecule has 0 fully saturated rings. The Hall–Kier alpha value is -0.160. The largest absolute Gasteiger partial charge is 0.313 e. The molecule has 1 unspecified atom stereocenters. The summed E-state index contributed by atoms with van der Waals surface area (Å²) >= 11 is 8.85. The van der Waals surface area contributed by atoms with E-state index in [4.69, 9.17) is 0 Å². The molecule has 2 rings (SSSR count). The molecule has 2 aromatic rings. The zero-order valence-electron chi connectivity index (χ0n) is 9.41. The van der Waals surface area contributed by atoms with Crippen molar-refractivity contribution in [2.24, 2.45) is 0 Å². The van der Waals surface area contributed by atoms with Gasteiger partial charge in [0.15, 0.2) is 0 Å². The van der Waals surface area contributed by atoms with E-state index in [-0.39, 0.29) is 0 Å². The first-order chi connectivity index (χ1) is 8.20. The summed E-state index contributed by atoms with van der Waals surface area (Å²) in [6.45, 7) is 0. The number of thiophene rings is 1. The van der Waals surface area contributed by atoms with Crippen LogP contribution in [0.2, 0.25) is 0 Å². The Kier molecular flexibility index (Phi) is 4.79. The maximum atomic E-state index is 3.63. The van der Waals surface area contributed by atoms with Crippen molar-refractivity contribution in [3.63, 3.8) is 0 Å². The van der Waals surface area contributed by atoms with Gasteiger partial charge in [0.25, 0.3) is 0 Å². The third-order valence-electron chi connectivity index (χ3n) is 2.71. The summed E-state index contributed by atoms with van der Waals surface area (Å²) < 4.78 is 2.24. The second-order valence-electron chi connectivity index (χ2n) is 3.84. The summed E-state index contributed by atoms with van der Waals surface area (Å²) in [5.74, 6) is 0. The second kappa shape index (κ2) is 6.14. The Morgan fingerprint density at radius 1 is 1.29 bits per heavy atom. The van der Waals surface area contributed by atoms with E-state index in [0.29, 0.717) is 6.04 Å². The van der Waals surface area contributed by atoms with E-state index in [1.54, 1.807) is 11.3 Å². The van der Waals surface area contributed by atoms with Gasteiger partial charge in [-0.05, 0) is 53.6 Å². The van der Waals surface area contributed by atoms with Gasteiger partial charge in [-0.15, -0.1) is 0 Å². The van der Waals surface area contributed by atoms with E-state index in [0.717, 1.165) is 15.4 Å². The van der Waals surface area contributed by atoms with Gasteiger partial charge in [-0.2, -0.15) is 11.3 Å². The van der Waals surface area contributed by atoms with Gasteiger partial charge in [-0.3, -0.25) is 0 Å². The van der Waals surface area contributed by atoms with Crippen LogP contribution in [0, 0.1) is 0 Å². The number of nitrogens with one attached hydrogen (secondary N) is 1. The predicted molar refractivity (Wildman–Crippen MR) is 81.7 cm³/mol. The molecule has 1 heterocycles. The normalized spacial score (nSPS) is 12.6. The van der Waals surface area contributed by atoms with Crippen molar-refractivity contribution in [1.29, 1.82) is 0 Å². The standard InChI is InChI=1S/C13H13Br2NS/c1-16-13(6-9-4-5-17-8-9)11-3-2-10(14)7-12(11)15/h2-5,7-8,13,16H,6H2,1H3. The topological polar surface area (TPSA) is 12.0 Å². The van der Waals surface area contributed by atoms with Gasteiger partial charge in [0, 0.05) is 15.0 Å². The Balaban J connectivity index is 2.23. The van der Waals surface area contributed by atoms with Crippen molar-refractivity contribution in [3.8, 4) is 0 Å². The van der Waals surface area contributed by atoms with E-state index < -0.39 is 0 Å². The smallest absolute Gasteiger partial charge is 0.0369 e. The summed E-state index contributed by atoms with van der Waals surface area (Å²) in [4.78, 5) is 0. The van der Waals surface area contributed by atoms with Crippen LogP contribution >= 0.6 is 43.2 Å². The van der Waals surface area contributed by atoms with Gasteiger partial charge in [0.05, 0.1) is 0 Å². The maximum absolute atomic E-state index is 3.63. The zero-order valence-corrected chi connectivity index (χ0v) is 13.4. The van der Waals surface area contributed by atoms with E-state index in [1.165, 1.54) is 11.1 Å². The van der Waals surface area contributed by atoms with Gasteiger partial charge >= 0.3 is 0 Å². The summed E-state index contributed by atoms with van der Waals surface area (Å²) in [6, 6.07) is 8.85. The zero-order chi connectivity index (χ0) is 12.3. The summed E-state index contributed by atoms with van der Waals surface area (Å²) in [5.41, 5.74) is 2.67. The quantitative estimate of drug-likeness (QED) is 0.812. The molecule has 0 aliphatic carbocycles. The minimum Gasteiger partial charge on any atom is -0.313 e. The van der Waals surface area contributed by atoms with Crippen LogP contribution in [0.3, 0.4) is 0 Å². The van der Waals surface area contributed by atoms with Crippen LogP contribution in [-0.4, -0.2) is 7.05 Å². The van der Waals surface area contributed by atoms with Crippen molar-refractivity contribution >= 4 is 43.2 Å². The summed E-state index contributed by atoms with van der Waals surface area (Å²) in [6.07, 6.45) is 1.01. The van der Waals surface area contributed by atoms with Gasteiger partial charge in [0.2, 0.25) is 0 Å². The number of hydrogen-bond donors (Lipinski definition) is 1. The Morgan fingerprint density at radius 3 is 2.71 bits per heavy atom. The lowest BCUT2D eigenvalue weighted by atomic mass is 10.0. The Bertz CT molecular complexity index is 482. The van der Waals surface area contributed by atoms with Crippen molar-refractivity contribution < 1.29 is 0 Å². The molecule has 1 N–H and O–H groups in total. The molecular formula is C13H13Br2NS. The lowest BCUT2D eigenvalue weighted by Gasteiger charge is -2.17. The minimum atomic E-state index is 0.340. The third-order valence-corrected chi connectivity index (χ3v) is 4.62. The molecule has 0 aliphatic rings.